The molecule has 0 fully saturated rings. The number of nitrogens with two attached hydrogens (primary N) is 1. The van der Waals surface area contributed by atoms with Gasteiger partial charge in [-0.1, -0.05) is 6.07 Å². The van der Waals surface area contributed by atoms with E-state index < -0.39 is 0 Å². The number of rotatable bonds is 5. The lowest BCUT2D eigenvalue weighted by Gasteiger charge is -2.13. The van der Waals surface area contributed by atoms with Crippen LogP contribution >= 0.6 is 0 Å². The van der Waals surface area contributed by atoms with Crippen molar-refractivity contribution in [2.24, 2.45) is 12.8 Å². The van der Waals surface area contributed by atoms with Gasteiger partial charge in [0.15, 0.2) is 17.3 Å². The minimum Gasteiger partial charge on any atom is -0.493 e. The Morgan fingerprint density at radius 1 is 1.37 bits per heavy atom. The van der Waals surface area contributed by atoms with Gasteiger partial charge in [-0.25, -0.2) is 0 Å². The molecular formula is C13H18N4O2. The van der Waals surface area contributed by atoms with Gasteiger partial charge in [-0.3, -0.25) is 0 Å². The van der Waals surface area contributed by atoms with Crippen LogP contribution in [-0.2, 0) is 13.7 Å². The molecule has 0 aliphatic carbocycles. The molecule has 1 aromatic carbocycles. The Balaban J connectivity index is 2.14. The first-order valence-electron chi connectivity index (χ1n) is 6.01. The van der Waals surface area contributed by atoms with E-state index in [1.54, 1.807) is 13.4 Å². The topological polar surface area (TPSA) is 75.2 Å². The average Bonchev–Trinajstić information content (AvgIpc) is 2.81. The van der Waals surface area contributed by atoms with Gasteiger partial charge in [-0.2, -0.15) is 0 Å². The zero-order valence-electron chi connectivity index (χ0n) is 11.3. The number of benzene rings is 1. The molecule has 1 aromatic heterocycles. The molecule has 1 unspecified atom stereocenters. The molecule has 0 radical (unpaired) electrons. The van der Waals surface area contributed by atoms with E-state index in [-0.39, 0.29) is 6.04 Å². The van der Waals surface area contributed by atoms with E-state index >= 15 is 0 Å². The smallest absolute Gasteiger partial charge is 0.170 e. The Labute approximate surface area is 112 Å². The van der Waals surface area contributed by atoms with Gasteiger partial charge in [0.05, 0.1) is 7.11 Å². The van der Waals surface area contributed by atoms with Crippen LogP contribution < -0.4 is 15.2 Å². The third-order valence-electron chi connectivity index (χ3n) is 2.88. The predicted molar refractivity (Wildman–Crippen MR) is 70.9 cm³/mol. The van der Waals surface area contributed by atoms with Gasteiger partial charge in [-0.15, -0.1) is 10.2 Å². The molecule has 0 aliphatic rings. The normalized spacial score (nSPS) is 12.2. The van der Waals surface area contributed by atoms with Crippen LogP contribution in [0.1, 0.15) is 24.4 Å². The minimum absolute atomic E-state index is 0.0401. The molecule has 102 valence electrons. The van der Waals surface area contributed by atoms with Crippen molar-refractivity contribution in [3.05, 3.63) is 35.9 Å². The summed E-state index contributed by atoms with van der Waals surface area (Å²) >= 11 is 0. The highest BCUT2D eigenvalue weighted by molar-refractivity contribution is 5.43. The van der Waals surface area contributed by atoms with Crippen molar-refractivity contribution in [3.8, 4) is 11.5 Å². The summed E-state index contributed by atoms with van der Waals surface area (Å²) in [4.78, 5) is 0. The number of methoxy groups -OCH3 is 1. The number of hydrogen-bond acceptors (Lipinski definition) is 5. The molecule has 2 rings (SSSR count). The van der Waals surface area contributed by atoms with Crippen molar-refractivity contribution in [3.63, 3.8) is 0 Å². The minimum atomic E-state index is -0.0401. The lowest BCUT2D eigenvalue weighted by molar-refractivity contribution is 0.272. The van der Waals surface area contributed by atoms with E-state index in [1.165, 1.54) is 0 Å². The first kappa shape index (κ1) is 13.4. The third-order valence-corrected chi connectivity index (χ3v) is 2.88. The molecule has 0 aliphatic heterocycles. The van der Waals surface area contributed by atoms with Gasteiger partial charge in [0.2, 0.25) is 0 Å². The Bertz CT molecular complexity index is 551. The summed E-state index contributed by atoms with van der Waals surface area (Å²) in [6.45, 7) is 2.26. The Morgan fingerprint density at radius 3 is 2.74 bits per heavy atom. The first-order valence-corrected chi connectivity index (χ1v) is 6.01. The molecule has 2 N–H and O–H groups in total. The van der Waals surface area contributed by atoms with Crippen LogP contribution in [0.3, 0.4) is 0 Å². The van der Waals surface area contributed by atoms with Crippen LogP contribution in [0.15, 0.2) is 24.5 Å². The fourth-order valence-corrected chi connectivity index (χ4v) is 1.67. The number of hydrogen-bond donors (Lipinski definition) is 1. The zero-order chi connectivity index (χ0) is 13.8. The van der Waals surface area contributed by atoms with E-state index in [0.29, 0.717) is 18.1 Å². The second kappa shape index (κ2) is 5.71. The highest BCUT2D eigenvalue weighted by Crippen LogP contribution is 2.30. The van der Waals surface area contributed by atoms with E-state index in [4.69, 9.17) is 15.2 Å². The number of nitrogens with zero attached hydrogens (tertiary/aromatic N) is 3. The lowest BCUT2D eigenvalue weighted by Crippen LogP contribution is -2.07. The monoisotopic (exact) mass is 262 g/mol. The first-order chi connectivity index (χ1) is 9.11. The maximum atomic E-state index is 5.84. The summed E-state index contributed by atoms with van der Waals surface area (Å²) in [5.74, 6) is 2.07. The van der Waals surface area contributed by atoms with Crippen molar-refractivity contribution < 1.29 is 9.47 Å². The van der Waals surface area contributed by atoms with E-state index in [0.717, 1.165) is 11.4 Å². The molecule has 0 spiro atoms. The third kappa shape index (κ3) is 3.03. The van der Waals surface area contributed by atoms with E-state index in [2.05, 4.69) is 10.2 Å². The quantitative estimate of drug-likeness (QED) is 0.882. The number of aryl methyl sites for hydroxylation is 1. The molecule has 19 heavy (non-hydrogen) atoms. The molecule has 0 bridgehead atoms. The molecule has 1 atom stereocenters. The largest absolute Gasteiger partial charge is 0.493 e. The summed E-state index contributed by atoms with van der Waals surface area (Å²) in [7, 11) is 3.48. The maximum Gasteiger partial charge on any atom is 0.170 e. The maximum absolute atomic E-state index is 5.84. The Morgan fingerprint density at radius 2 is 2.16 bits per heavy atom. The number of aromatic nitrogens is 3. The second-order valence-corrected chi connectivity index (χ2v) is 4.35. The SMILES string of the molecule is COc1cc(C(C)N)ccc1OCc1nncn1C. The average molecular weight is 262 g/mol. The Hall–Kier alpha value is -2.08. The van der Waals surface area contributed by atoms with Crippen LogP contribution in [0, 0.1) is 0 Å². The van der Waals surface area contributed by atoms with Gasteiger partial charge in [0.25, 0.3) is 0 Å². The van der Waals surface area contributed by atoms with Crippen LogP contribution in [0.5, 0.6) is 11.5 Å². The van der Waals surface area contributed by atoms with Crippen molar-refractivity contribution >= 4 is 0 Å². The van der Waals surface area contributed by atoms with Crippen LogP contribution in [0.4, 0.5) is 0 Å². The van der Waals surface area contributed by atoms with Crippen molar-refractivity contribution in [2.75, 3.05) is 7.11 Å². The van der Waals surface area contributed by atoms with Gasteiger partial charge in [-0.05, 0) is 24.6 Å². The van der Waals surface area contributed by atoms with Crippen LogP contribution in [0.25, 0.3) is 0 Å². The standard InChI is InChI=1S/C13H18N4O2/c1-9(14)10-4-5-11(12(6-10)18-3)19-7-13-16-15-8-17(13)2/h4-6,8-9H,7,14H2,1-3H3. The number of ether oxygens (including phenoxy) is 2. The van der Waals surface area contributed by atoms with Crippen molar-refractivity contribution in [2.45, 2.75) is 19.6 Å². The predicted octanol–water partition coefficient (Wildman–Crippen LogP) is 1.42. The fraction of sp³-hybridized carbons (Fsp3) is 0.385. The molecular weight excluding hydrogens is 244 g/mol. The lowest BCUT2D eigenvalue weighted by atomic mass is 10.1. The zero-order valence-corrected chi connectivity index (χ0v) is 11.3. The van der Waals surface area contributed by atoms with Crippen molar-refractivity contribution in [1.29, 1.82) is 0 Å². The van der Waals surface area contributed by atoms with E-state index in [1.807, 2.05) is 36.7 Å². The van der Waals surface area contributed by atoms with Crippen LogP contribution in [0.2, 0.25) is 0 Å². The van der Waals surface area contributed by atoms with Gasteiger partial charge in [0, 0.05) is 13.1 Å². The highest BCUT2D eigenvalue weighted by atomic mass is 16.5. The molecule has 6 nitrogen and oxygen atoms in total. The highest BCUT2D eigenvalue weighted by Gasteiger charge is 2.09. The molecule has 0 saturated carbocycles. The molecule has 0 saturated heterocycles. The van der Waals surface area contributed by atoms with Gasteiger partial charge < -0.3 is 19.8 Å². The summed E-state index contributed by atoms with van der Waals surface area (Å²) in [6.07, 6.45) is 1.63. The van der Waals surface area contributed by atoms with Crippen LogP contribution in [-0.4, -0.2) is 21.9 Å². The van der Waals surface area contributed by atoms with E-state index in [9.17, 15) is 0 Å². The summed E-state index contributed by atoms with van der Waals surface area (Å²) in [6, 6.07) is 5.63. The summed E-state index contributed by atoms with van der Waals surface area (Å²) in [5.41, 5.74) is 6.84. The molecule has 0 amide bonds. The Kier molecular flexibility index (Phi) is 4.01. The molecule has 1 heterocycles. The second-order valence-electron chi connectivity index (χ2n) is 4.35. The van der Waals surface area contributed by atoms with Gasteiger partial charge >= 0.3 is 0 Å². The fourth-order valence-electron chi connectivity index (χ4n) is 1.67. The van der Waals surface area contributed by atoms with Crippen molar-refractivity contribution in [1.82, 2.24) is 14.8 Å². The molecule has 6 heteroatoms. The molecule has 2 aromatic rings. The van der Waals surface area contributed by atoms with Gasteiger partial charge in [0.1, 0.15) is 12.9 Å². The summed E-state index contributed by atoms with van der Waals surface area (Å²) in [5, 5.41) is 7.76. The summed E-state index contributed by atoms with van der Waals surface area (Å²) < 4.78 is 12.8.